The maximum Gasteiger partial charge on any atom is 0.306 e. The molecule has 2 aromatic heterocycles. The van der Waals surface area contributed by atoms with Crippen LogP contribution in [0.3, 0.4) is 0 Å². The summed E-state index contributed by atoms with van der Waals surface area (Å²) >= 11 is 7.80. The van der Waals surface area contributed by atoms with Crippen molar-refractivity contribution in [1.82, 2.24) is 13.5 Å². The number of nitrogens with one attached hydrogen (secondary N) is 1. The van der Waals surface area contributed by atoms with Gasteiger partial charge in [-0.25, -0.2) is 13.1 Å². The number of hydrogen-bond acceptors (Lipinski definition) is 9. The van der Waals surface area contributed by atoms with Gasteiger partial charge >= 0.3 is 5.97 Å². The molecule has 0 saturated heterocycles. The Hall–Kier alpha value is -1.92. The van der Waals surface area contributed by atoms with Crippen LogP contribution < -0.4 is 4.72 Å². The number of sulfonamides is 1. The van der Waals surface area contributed by atoms with Gasteiger partial charge in [0.1, 0.15) is 15.9 Å². The number of carbonyl (C=O) groups is 2. The molecular weight excluding hydrogens is 446 g/mol. The van der Waals surface area contributed by atoms with Crippen molar-refractivity contribution in [2.24, 2.45) is 0 Å². The Morgan fingerprint density at radius 3 is 2.75 bits per heavy atom. The monoisotopic (exact) mass is 459 g/mol. The number of rotatable bonds is 9. The Balaban J connectivity index is 1.44. The summed E-state index contributed by atoms with van der Waals surface area (Å²) in [6.07, 6.45) is 0.200. The van der Waals surface area contributed by atoms with Crippen LogP contribution in [0.2, 0.25) is 4.34 Å². The first-order chi connectivity index (χ1) is 13.4. The zero-order valence-corrected chi connectivity index (χ0v) is 17.5. The van der Waals surface area contributed by atoms with Crippen LogP contribution in [-0.4, -0.2) is 42.1 Å². The molecule has 0 radical (unpaired) electrons. The summed E-state index contributed by atoms with van der Waals surface area (Å²) in [6.45, 7) is -0.333. The summed E-state index contributed by atoms with van der Waals surface area (Å²) in [5.41, 5.74) is 0.819. The van der Waals surface area contributed by atoms with E-state index in [2.05, 4.69) is 13.5 Å². The minimum Gasteiger partial charge on any atom is -0.457 e. The van der Waals surface area contributed by atoms with Crippen molar-refractivity contribution in [3.8, 4) is 0 Å². The van der Waals surface area contributed by atoms with E-state index in [-0.39, 0.29) is 36.7 Å². The van der Waals surface area contributed by atoms with Crippen molar-refractivity contribution < 1.29 is 22.7 Å². The third-order valence-corrected chi connectivity index (χ3v) is 6.91. The Morgan fingerprint density at radius 2 is 2.00 bits per heavy atom. The number of benzene rings is 1. The second-order valence-electron chi connectivity index (χ2n) is 5.58. The van der Waals surface area contributed by atoms with E-state index in [1.165, 1.54) is 6.07 Å². The molecule has 0 saturated carbocycles. The number of hydrogen-bond donors (Lipinski definition) is 1. The largest absolute Gasteiger partial charge is 0.457 e. The molecule has 148 valence electrons. The third-order valence-electron chi connectivity index (χ3n) is 3.60. The van der Waals surface area contributed by atoms with Crippen molar-refractivity contribution in [1.29, 1.82) is 0 Å². The molecule has 8 nitrogen and oxygen atoms in total. The standard InChI is InChI=1S/C16H14ClN3O5S3/c17-14-7-6-12(26-14)11(21)9-25-15(22)5-2-8-18-28(23,24)13-4-1-3-10-16(13)20-27-19-10/h1,3-4,6-7,18H,2,5,8-9H2. The SMILES string of the molecule is O=C(CCCNS(=O)(=O)c1cccc2nsnc12)OCC(=O)c1ccc(Cl)s1. The van der Waals surface area contributed by atoms with Crippen LogP contribution in [0.5, 0.6) is 0 Å². The molecule has 2 heterocycles. The van der Waals surface area contributed by atoms with E-state index in [1.54, 1.807) is 24.3 Å². The fourth-order valence-electron chi connectivity index (χ4n) is 2.27. The topological polar surface area (TPSA) is 115 Å². The van der Waals surface area contributed by atoms with Gasteiger partial charge in [-0.1, -0.05) is 17.7 Å². The maximum atomic E-state index is 12.4. The number of thiophene rings is 1. The molecule has 0 atom stereocenters. The van der Waals surface area contributed by atoms with Crippen molar-refractivity contribution in [2.45, 2.75) is 17.7 Å². The number of ketones is 1. The normalized spacial score (nSPS) is 11.6. The summed E-state index contributed by atoms with van der Waals surface area (Å²) < 4.78 is 40.7. The average molecular weight is 460 g/mol. The molecule has 0 unspecified atom stereocenters. The number of ether oxygens (including phenoxy) is 1. The fourth-order valence-corrected chi connectivity index (χ4v) is 5.07. The number of nitrogens with zero attached hydrogens (tertiary/aromatic N) is 2. The zero-order valence-electron chi connectivity index (χ0n) is 14.3. The van der Waals surface area contributed by atoms with Gasteiger partial charge in [-0.3, -0.25) is 9.59 Å². The Bertz CT molecular complexity index is 1110. The Morgan fingerprint density at radius 1 is 1.18 bits per heavy atom. The lowest BCUT2D eigenvalue weighted by atomic mass is 10.3. The smallest absolute Gasteiger partial charge is 0.306 e. The van der Waals surface area contributed by atoms with Gasteiger partial charge in [-0.15, -0.1) is 11.3 Å². The second-order valence-corrected chi connectivity index (χ2v) is 9.56. The van der Waals surface area contributed by atoms with E-state index in [0.717, 1.165) is 23.1 Å². The van der Waals surface area contributed by atoms with Crippen LogP contribution in [0.1, 0.15) is 22.5 Å². The number of fused-ring (bicyclic) bond motifs is 1. The van der Waals surface area contributed by atoms with Gasteiger partial charge in [0.05, 0.1) is 20.9 Å². The molecule has 0 aliphatic rings. The highest BCUT2D eigenvalue weighted by atomic mass is 35.5. The minimum atomic E-state index is -3.78. The maximum absolute atomic E-state index is 12.4. The van der Waals surface area contributed by atoms with Crippen LogP contribution >= 0.6 is 34.7 Å². The molecule has 0 spiro atoms. The van der Waals surface area contributed by atoms with Gasteiger partial charge in [0, 0.05) is 13.0 Å². The van der Waals surface area contributed by atoms with Crippen LogP contribution in [0.15, 0.2) is 35.2 Å². The summed E-state index contributed by atoms with van der Waals surface area (Å²) in [5.74, 6) is -0.920. The Labute approximate surface area is 173 Å². The minimum absolute atomic E-state index is 0.0244. The first-order valence-corrected chi connectivity index (χ1v) is 11.4. The number of halogens is 1. The zero-order chi connectivity index (χ0) is 20.1. The highest BCUT2D eigenvalue weighted by Gasteiger charge is 2.19. The number of aromatic nitrogens is 2. The van der Waals surface area contributed by atoms with Gasteiger partial charge in [-0.05, 0) is 30.7 Å². The molecule has 0 bridgehead atoms. The van der Waals surface area contributed by atoms with E-state index < -0.39 is 16.0 Å². The number of Topliss-reactive ketones (excluding diaryl/α,β-unsaturated/α-hetero) is 1. The van der Waals surface area contributed by atoms with Gasteiger partial charge in [-0.2, -0.15) is 8.75 Å². The predicted octanol–water partition coefficient (Wildman–Crippen LogP) is 2.89. The molecule has 1 aromatic carbocycles. The number of esters is 1. The molecule has 1 N–H and O–H groups in total. The van der Waals surface area contributed by atoms with E-state index in [4.69, 9.17) is 16.3 Å². The van der Waals surface area contributed by atoms with Gasteiger partial charge in [0.15, 0.2) is 6.61 Å². The summed E-state index contributed by atoms with van der Waals surface area (Å²) in [5, 5.41) is 0. The van der Waals surface area contributed by atoms with Crippen LogP contribution in [0, 0.1) is 0 Å². The summed E-state index contributed by atoms with van der Waals surface area (Å²) in [7, 11) is -3.78. The lowest BCUT2D eigenvalue weighted by Gasteiger charge is -2.07. The van der Waals surface area contributed by atoms with Crippen LogP contribution in [-0.2, 0) is 19.6 Å². The highest BCUT2D eigenvalue weighted by molar-refractivity contribution is 7.89. The molecular formula is C16H14ClN3O5S3. The molecule has 0 aliphatic heterocycles. The van der Waals surface area contributed by atoms with Crippen LogP contribution in [0.4, 0.5) is 0 Å². The molecule has 28 heavy (non-hydrogen) atoms. The molecule has 0 amide bonds. The van der Waals surface area contributed by atoms with Crippen molar-refractivity contribution in [2.75, 3.05) is 13.2 Å². The predicted molar refractivity (Wildman–Crippen MR) is 106 cm³/mol. The van der Waals surface area contributed by atoms with Crippen molar-refractivity contribution >= 4 is 67.5 Å². The van der Waals surface area contributed by atoms with E-state index in [9.17, 15) is 18.0 Å². The lowest BCUT2D eigenvalue weighted by molar-refractivity contribution is -0.142. The number of carbonyl (C=O) groups excluding carboxylic acids is 2. The van der Waals surface area contributed by atoms with Gasteiger partial charge in [0.2, 0.25) is 15.8 Å². The third kappa shape index (κ3) is 5.11. The average Bonchev–Trinajstić information content (AvgIpc) is 3.31. The lowest BCUT2D eigenvalue weighted by Crippen LogP contribution is -2.25. The molecule has 0 aliphatic carbocycles. The van der Waals surface area contributed by atoms with Crippen molar-refractivity contribution in [3.05, 3.63) is 39.5 Å². The molecule has 3 aromatic rings. The van der Waals surface area contributed by atoms with E-state index >= 15 is 0 Å². The first kappa shape index (κ1) is 20.8. The Kier molecular flexibility index (Phi) is 6.73. The quantitative estimate of drug-likeness (QED) is 0.297. The van der Waals surface area contributed by atoms with Gasteiger partial charge in [0.25, 0.3) is 0 Å². The molecule has 3 rings (SSSR count). The molecule has 12 heteroatoms. The fraction of sp³-hybridized carbons (Fsp3) is 0.250. The second kappa shape index (κ2) is 9.05. The summed E-state index contributed by atoms with van der Waals surface area (Å²) in [4.78, 5) is 24.0. The molecule has 0 fully saturated rings. The highest BCUT2D eigenvalue weighted by Crippen LogP contribution is 2.22. The van der Waals surface area contributed by atoms with E-state index in [0.29, 0.717) is 20.2 Å². The van der Waals surface area contributed by atoms with E-state index in [1.807, 2.05) is 0 Å². The van der Waals surface area contributed by atoms with Crippen molar-refractivity contribution in [3.63, 3.8) is 0 Å². The van der Waals surface area contributed by atoms with Gasteiger partial charge < -0.3 is 4.74 Å². The van der Waals surface area contributed by atoms with Crippen LogP contribution in [0.25, 0.3) is 11.0 Å². The summed E-state index contributed by atoms with van der Waals surface area (Å²) in [6, 6.07) is 7.88. The first-order valence-electron chi connectivity index (χ1n) is 8.02.